The number of benzene rings is 7. The van der Waals surface area contributed by atoms with Crippen molar-refractivity contribution >= 4 is 71.3 Å². The molecular formula is C47H30N4. The fourth-order valence-electron chi connectivity index (χ4n) is 7.62. The van der Waals surface area contributed by atoms with E-state index in [0.29, 0.717) is 0 Å². The monoisotopic (exact) mass is 650 g/mol. The van der Waals surface area contributed by atoms with E-state index in [1.54, 1.807) is 0 Å². The van der Waals surface area contributed by atoms with Gasteiger partial charge in [0.05, 0.1) is 22.2 Å². The summed E-state index contributed by atoms with van der Waals surface area (Å²) in [7, 11) is 0. The maximum absolute atomic E-state index is 5.50. The third-order valence-electron chi connectivity index (χ3n) is 9.89. The summed E-state index contributed by atoms with van der Waals surface area (Å²) in [5, 5.41) is 7.96. The Bertz CT molecular complexity index is 2870. The highest BCUT2D eigenvalue weighted by Crippen LogP contribution is 2.44. The first kappa shape index (κ1) is 29.0. The molecule has 4 nitrogen and oxygen atoms in total. The van der Waals surface area contributed by atoms with E-state index in [1.807, 2.05) is 18.5 Å². The molecule has 0 aliphatic rings. The summed E-state index contributed by atoms with van der Waals surface area (Å²) in [5.41, 5.74) is 10.3. The molecule has 0 unspecified atom stereocenters. The second-order valence-corrected chi connectivity index (χ2v) is 12.8. The Morgan fingerprint density at radius 3 is 1.82 bits per heavy atom. The fraction of sp³-hybridized carbons (Fsp3) is 0. The molecule has 238 valence electrons. The maximum atomic E-state index is 5.50. The molecule has 0 amide bonds. The number of fused-ring (bicyclic) bond motifs is 8. The molecule has 3 heterocycles. The number of anilines is 3. The van der Waals surface area contributed by atoms with Crippen molar-refractivity contribution in [3.63, 3.8) is 0 Å². The smallest absolute Gasteiger partial charge is 0.0970 e. The van der Waals surface area contributed by atoms with Crippen LogP contribution in [0.25, 0.3) is 76.6 Å². The van der Waals surface area contributed by atoms with Gasteiger partial charge in [-0.05, 0) is 76.5 Å². The van der Waals surface area contributed by atoms with Gasteiger partial charge in [-0.3, -0.25) is 9.97 Å². The fourth-order valence-corrected chi connectivity index (χ4v) is 7.62. The molecule has 0 N–H and O–H groups in total. The summed E-state index contributed by atoms with van der Waals surface area (Å²) in [6.07, 6.45) is 3.75. The van der Waals surface area contributed by atoms with Crippen LogP contribution in [0.3, 0.4) is 0 Å². The van der Waals surface area contributed by atoms with Crippen molar-refractivity contribution in [2.75, 3.05) is 4.90 Å². The van der Waals surface area contributed by atoms with Gasteiger partial charge in [0.15, 0.2) is 0 Å². The summed E-state index contributed by atoms with van der Waals surface area (Å²) in [6.45, 7) is 0. The summed E-state index contributed by atoms with van der Waals surface area (Å²) in [6, 6.07) is 60.0. The van der Waals surface area contributed by atoms with Gasteiger partial charge in [-0.1, -0.05) is 115 Å². The highest BCUT2D eigenvalue weighted by Gasteiger charge is 2.20. The van der Waals surface area contributed by atoms with Crippen molar-refractivity contribution in [3.8, 4) is 22.4 Å². The van der Waals surface area contributed by atoms with Gasteiger partial charge in [-0.15, -0.1) is 0 Å². The third-order valence-corrected chi connectivity index (χ3v) is 9.89. The van der Waals surface area contributed by atoms with Crippen molar-refractivity contribution < 1.29 is 0 Å². The lowest BCUT2D eigenvalue weighted by atomic mass is 9.88. The largest absolute Gasteiger partial charge is 0.310 e. The first-order valence-electron chi connectivity index (χ1n) is 17.2. The highest BCUT2D eigenvalue weighted by molar-refractivity contribution is 6.26. The molecule has 0 saturated carbocycles. The minimum absolute atomic E-state index is 0.906. The molecule has 10 aromatic rings. The van der Waals surface area contributed by atoms with E-state index in [9.17, 15) is 0 Å². The number of nitrogens with zero attached hydrogens (tertiary/aromatic N) is 4. The zero-order valence-corrected chi connectivity index (χ0v) is 27.6. The van der Waals surface area contributed by atoms with Crippen LogP contribution in [0.2, 0.25) is 0 Å². The lowest BCUT2D eigenvalue weighted by Gasteiger charge is -2.26. The molecular weight excluding hydrogens is 621 g/mol. The third kappa shape index (κ3) is 4.80. The van der Waals surface area contributed by atoms with Crippen LogP contribution < -0.4 is 4.90 Å². The Hall–Kier alpha value is -6.91. The van der Waals surface area contributed by atoms with Crippen LogP contribution in [0.1, 0.15) is 0 Å². The summed E-state index contributed by atoms with van der Waals surface area (Å²) in [5.74, 6) is 0. The highest BCUT2D eigenvalue weighted by atomic mass is 15.1. The number of aromatic nitrogens is 3. The Labute approximate surface area is 294 Å². The predicted octanol–water partition coefficient (Wildman–Crippen LogP) is 12.4. The Morgan fingerprint density at radius 2 is 1.06 bits per heavy atom. The predicted molar refractivity (Wildman–Crippen MR) is 213 cm³/mol. The van der Waals surface area contributed by atoms with Crippen molar-refractivity contribution in [1.82, 2.24) is 15.0 Å². The molecule has 0 aliphatic carbocycles. The van der Waals surface area contributed by atoms with Crippen molar-refractivity contribution in [2.45, 2.75) is 0 Å². The summed E-state index contributed by atoms with van der Waals surface area (Å²) in [4.78, 5) is 17.4. The van der Waals surface area contributed by atoms with Gasteiger partial charge in [0.1, 0.15) is 0 Å². The molecule has 4 heteroatoms. The topological polar surface area (TPSA) is 41.9 Å². The lowest BCUT2D eigenvalue weighted by Crippen LogP contribution is -2.09. The van der Waals surface area contributed by atoms with Gasteiger partial charge in [0, 0.05) is 62.0 Å². The molecule has 0 bridgehead atoms. The number of para-hydroxylation sites is 2. The minimum Gasteiger partial charge on any atom is -0.310 e. The van der Waals surface area contributed by atoms with E-state index in [2.05, 4.69) is 169 Å². The maximum Gasteiger partial charge on any atom is 0.0970 e. The van der Waals surface area contributed by atoms with Gasteiger partial charge in [0.2, 0.25) is 0 Å². The van der Waals surface area contributed by atoms with Crippen LogP contribution in [-0.2, 0) is 0 Å². The number of hydrogen-bond acceptors (Lipinski definition) is 4. The lowest BCUT2D eigenvalue weighted by molar-refractivity contribution is 1.28. The zero-order chi connectivity index (χ0) is 33.7. The van der Waals surface area contributed by atoms with Crippen LogP contribution in [-0.4, -0.2) is 15.0 Å². The second-order valence-electron chi connectivity index (χ2n) is 12.8. The first-order chi connectivity index (χ1) is 25.3. The van der Waals surface area contributed by atoms with E-state index in [4.69, 9.17) is 15.0 Å². The normalized spacial score (nSPS) is 11.5. The Balaban J connectivity index is 1.29. The van der Waals surface area contributed by atoms with Crippen molar-refractivity contribution in [2.24, 2.45) is 0 Å². The molecule has 0 fully saturated rings. The second kappa shape index (κ2) is 11.9. The molecule has 0 radical (unpaired) electrons. The van der Waals surface area contributed by atoms with Gasteiger partial charge in [-0.25, -0.2) is 4.98 Å². The standard InChI is InChI=1S/C47H30N4/c1-4-13-31(14-5-1)45-42-30-41(37-26-28-49-47-39(37)24-22-32-15-12-27-48-46(32)47)36-20-10-11-21-38(36)44(42)40-25-23-35(29-43(40)50-45)51(33-16-6-2-7-17-33)34-18-8-3-9-19-34/h1-30H. The van der Waals surface area contributed by atoms with E-state index in [0.717, 1.165) is 77.5 Å². The molecule has 7 aromatic carbocycles. The molecule has 3 aromatic heterocycles. The van der Waals surface area contributed by atoms with E-state index >= 15 is 0 Å². The van der Waals surface area contributed by atoms with E-state index in [1.165, 1.54) is 16.2 Å². The summed E-state index contributed by atoms with van der Waals surface area (Å²) < 4.78 is 0. The Kier molecular flexibility index (Phi) is 6.78. The van der Waals surface area contributed by atoms with E-state index < -0.39 is 0 Å². The van der Waals surface area contributed by atoms with Gasteiger partial charge in [0.25, 0.3) is 0 Å². The van der Waals surface area contributed by atoms with Gasteiger partial charge >= 0.3 is 0 Å². The molecule has 0 spiro atoms. The van der Waals surface area contributed by atoms with Crippen LogP contribution >= 0.6 is 0 Å². The van der Waals surface area contributed by atoms with Crippen molar-refractivity contribution in [1.29, 1.82) is 0 Å². The van der Waals surface area contributed by atoms with Crippen molar-refractivity contribution in [3.05, 3.63) is 182 Å². The molecule has 51 heavy (non-hydrogen) atoms. The SMILES string of the molecule is c1ccc(-c2nc3cc(N(c4ccccc4)c4ccccc4)ccc3c3c2cc(-c2ccnc4c2ccc2cccnc24)c2ccccc23)cc1. The quantitative estimate of drug-likeness (QED) is 0.174. The van der Waals surface area contributed by atoms with Gasteiger partial charge < -0.3 is 4.90 Å². The average molecular weight is 651 g/mol. The Morgan fingerprint density at radius 1 is 0.392 bits per heavy atom. The number of hydrogen-bond donors (Lipinski definition) is 0. The molecule has 10 rings (SSSR count). The molecule has 0 aliphatic heterocycles. The minimum atomic E-state index is 0.906. The zero-order valence-electron chi connectivity index (χ0n) is 27.6. The molecule has 0 saturated heterocycles. The van der Waals surface area contributed by atoms with Gasteiger partial charge in [-0.2, -0.15) is 0 Å². The van der Waals surface area contributed by atoms with E-state index in [-0.39, 0.29) is 0 Å². The number of pyridine rings is 3. The average Bonchev–Trinajstić information content (AvgIpc) is 3.21. The van der Waals surface area contributed by atoms with Crippen LogP contribution in [0.15, 0.2) is 182 Å². The van der Waals surface area contributed by atoms with Crippen LogP contribution in [0.5, 0.6) is 0 Å². The molecule has 0 atom stereocenters. The number of rotatable bonds is 5. The van der Waals surface area contributed by atoms with Crippen LogP contribution in [0, 0.1) is 0 Å². The van der Waals surface area contributed by atoms with Crippen LogP contribution in [0.4, 0.5) is 17.1 Å². The summed E-state index contributed by atoms with van der Waals surface area (Å²) >= 11 is 0. The first-order valence-corrected chi connectivity index (χ1v) is 17.2.